The molecule has 2 rings (SSSR count). The smallest absolute Gasteiger partial charge is 0.373 e. The van der Waals surface area contributed by atoms with Crippen molar-refractivity contribution in [3.8, 4) is 0 Å². The molecule has 0 atom stereocenters. The van der Waals surface area contributed by atoms with Crippen molar-refractivity contribution in [1.82, 2.24) is 0 Å². The molecule has 0 fully saturated rings. The van der Waals surface area contributed by atoms with Gasteiger partial charge in [-0.2, -0.15) is 4.57 Å². The van der Waals surface area contributed by atoms with Gasteiger partial charge < -0.3 is 4.42 Å². The lowest BCUT2D eigenvalue weighted by atomic mass is 10.3. The molecule has 0 N–H and O–H groups in total. The van der Waals surface area contributed by atoms with Crippen molar-refractivity contribution >= 4 is 17.2 Å². The van der Waals surface area contributed by atoms with Crippen LogP contribution in [0.15, 0.2) is 34.8 Å². The van der Waals surface area contributed by atoms with Gasteiger partial charge in [0.2, 0.25) is 5.58 Å². The maximum absolute atomic E-state index is 5.62. The Morgan fingerprint density at radius 2 is 2.08 bits per heavy atom. The van der Waals surface area contributed by atoms with E-state index in [0.29, 0.717) is 0 Å². The van der Waals surface area contributed by atoms with Crippen molar-refractivity contribution in [2.45, 2.75) is 6.92 Å². The van der Waals surface area contributed by atoms with E-state index in [2.05, 4.69) is 0 Å². The third-order valence-corrected chi connectivity index (χ3v) is 2.08. The molecule has 2 nitrogen and oxygen atoms in total. The minimum absolute atomic E-state index is 0.878. The van der Waals surface area contributed by atoms with E-state index in [1.54, 1.807) is 0 Å². The molecule has 1 aromatic carbocycles. The van der Waals surface area contributed by atoms with Gasteiger partial charge in [0, 0.05) is 12.1 Å². The predicted molar refractivity (Wildman–Crippen MR) is 52.1 cm³/mol. The Balaban J connectivity index is 2.73. The van der Waals surface area contributed by atoms with Crippen LogP contribution in [-0.4, -0.2) is 0 Å². The lowest BCUT2D eigenvalue weighted by Crippen LogP contribution is -2.29. The molecule has 0 aliphatic heterocycles. The van der Waals surface area contributed by atoms with Crippen molar-refractivity contribution in [2.24, 2.45) is 7.05 Å². The second kappa shape index (κ2) is 3.05. The Kier molecular flexibility index (Phi) is 1.89. The minimum atomic E-state index is 0.878. The Bertz CT molecular complexity index is 454. The average molecular weight is 174 g/mol. The molecule has 0 aliphatic rings. The summed E-state index contributed by atoms with van der Waals surface area (Å²) in [5.41, 5.74) is 2.05. The van der Waals surface area contributed by atoms with Crippen molar-refractivity contribution in [3.63, 3.8) is 0 Å². The Morgan fingerprint density at radius 1 is 1.31 bits per heavy atom. The summed E-state index contributed by atoms with van der Waals surface area (Å²) in [4.78, 5) is 0. The van der Waals surface area contributed by atoms with E-state index in [0.717, 1.165) is 17.0 Å². The molecular formula is C11H12NO+. The van der Waals surface area contributed by atoms with Crippen molar-refractivity contribution in [3.05, 3.63) is 36.2 Å². The maximum Gasteiger partial charge on any atom is 0.373 e. The molecule has 13 heavy (non-hydrogen) atoms. The van der Waals surface area contributed by atoms with Gasteiger partial charge in [0.05, 0.1) is 0 Å². The molecule has 0 spiro atoms. The number of nitrogens with zero attached hydrogens (tertiary/aromatic N) is 1. The van der Waals surface area contributed by atoms with E-state index < -0.39 is 0 Å². The Morgan fingerprint density at radius 3 is 2.77 bits per heavy atom. The average Bonchev–Trinajstić information content (AvgIpc) is 2.46. The molecule has 0 amide bonds. The first-order valence-corrected chi connectivity index (χ1v) is 4.33. The lowest BCUT2D eigenvalue weighted by molar-refractivity contribution is -0.652. The Hall–Kier alpha value is -1.57. The van der Waals surface area contributed by atoms with Crippen LogP contribution in [0.4, 0.5) is 0 Å². The standard InChI is InChI=1S/C11H12NO/c1-3-6-11-12(2)9-7-4-5-8-10(9)13-11/h3-8H,1-2H3/q+1. The highest BCUT2D eigenvalue weighted by Crippen LogP contribution is 2.12. The Labute approximate surface area is 77.1 Å². The van der Waals surface area contributed by atoms with E-state index >= 15 is 0 Å². The first-order chi connectivity index (χ1) is 6.33. The van der Waals surface area contributed by atoms with Gasteiger partial charge in [-0.1, -0.05) is 18.2 Å². The molecule has 0 bridgehead atoms. The highest BCUT2D eigenvalue weighted by molar-refractivity contribution is 5.69. The van der Waals surface area contributed by atoms with E-state index in [1.165, 1.54) is 0 Å². The van der Waals surface area contributed by atoms with Crippen LogP contribution in [0, 0.1) is 0 Å². The fourth-order valence-electron chi connectivity index (χ4n) is 1.41. The second-order valence-electron chi connectivity index (χ2n) is 2.97. The van der Waals surface area contributed by atoms with Gasteiger partial charge in [0.1, 0.15) is 7.05 Å². The minimum Gasteiger partial charge on any atom is -0.398 e. The van der Waals surface area contributed by atoms with Crippen LogP contribution in [0.1, 0.15) is 12.8 Å². The molecule has 2 aromatic rings. The van der Waals surface area contributed by atoms with Crippen LogP contribution in [0.25, 0.3) is 17.2 Å². The van der Waals surface area contributed by atoms with Crippen LogP contribution in [0.5, 0.6) is 0 Å². The number of rotatable bonds is 1. The molecule has 0 unspecified atom stereocenters. The van der Waals surface area contributed by atoms with Gasteiger partial charge >= 0.3 is 5.89 Å². The summed E-state index contributed by atoms with van der Waals surface area (Å²) < 4.78 is 7.65. The number of para-hydroxylation sites is 2. The third-order valence-electron chi connectivity index (χ3n) is 2.08. The van der Waals surface area contributed by atoms with E-state index in [9.17, 15) is 0 Å². The van der Waals surface area contributed by atoms with Gasteiger partial charge in [-0.3, -0.25) is 0 Å². The monoisotopic (exact) mass is 174 g/mol. The number of benzene rings is 1. The molecule has 0 saturated heterocycles. The summed E-state index contributed by atoms with van der Waals surface area (Å²) in [6.07, 6.45) is 3.93. The fourth-order valence-corrected chi connectivity index (χ4v) is 1.41. The first-order valence-electron chi connectivity index (χ1n) is 4.33. The zero-order valence-electron chi connectivity index (χ0n) is 7.82. The fraction of sp³-hybridized carbons (Fsp3) is 0.182. The summed E-state index contributed by atoms with van der Waals surface area (Å²) in [6.45, 7) is 1.98. The first kappa shape index (κ1) is 8.05. The highest BCUT2D eigenvalue weighted by Gasteiger charge is 2.14. The van der Waals surface area contributed by atoms with Gasteiger partial charge in [-0.15, -0.1) is 0 Å². The number of hydrogen-bond donors (Lipinski definition) is 0. The largest absolute Gasteiger partial charge is 0.398 e. The van der Waals surface area contributed by atoms with Crippen molar-refractivity contribution in [1.29, 1.82) is 0 Å². The molecule has 0 aliphatic carbocycles. The molecule has 2 heteroatoms. The zero-order valence-corrected chi connectivity index (χ0v) is 7.82. The summed E-state index contributed by atoms with van der Waals surface area (Å²) in [5, 5.41) is 0. The highest BCUT2D eigenvalue weighted by atomic mass is 16.3. The van der Waals surface area contributed by atoms with Gasteiger partial charge in [0.15, 0.2) is 0 Å². The normalized spacial score (nSPS) is 11.5. The van der Waals surface area contributed by atoms with Gasteiger partial charge in [-0.05, 0) is 13.0 Å². The second-order valence-corrected chi connectivity index (χ2v) is 2.97. The van der Waals surface area contributed by atoms with Crippen molar-refractivity contribution in [2.75, 3.05) is 0 Å². The topological polar surface area (TPSA) is 17.0 Å². The van der Waals surface area contributed by atoms with Gasteiger partial charge in [0.25, 0.3) is 5.52 Å². The molecule has 66 valence electrons. The van der Waals surface area contributed by atoms with Crippen LogP contribution in [0.3, 0.4) is 0 Å². The quantitative estimate of drug-likeness (QED) is 0.606. The molecule has 1 aromatic heterocycles. The summed E-state index contributed by atoms with van der Waals surface area (Å²) in [7, 11) is 2.00. The van der Waals surface area contributed by atoms with Crippen LogP contribution in [-0.2, 0) is 7.05 Å². The number of aryl methyl sites for hydroxylation is 1. The molecule has 0 radical (unpaired) electrons. The number of allylic oxidation sites excluding steroid dienone is 1. The summed E-state index contributed by atoms with van der Waals surface area (Å²) in [5.74, 6) is 0.878. The molecular weight excluding hydrogens is 162 g/mol. The van der Waals surface area contributed by atoms with Gasteiger partial charge in [-0.25, -0.2) is 0 Å². The molecule has 0 saturated carbocycles. The maximum atomic E-state index is 5.62. The number of hydrogen-bond acceptors (Lipinski definition) is 1. The van der Waals surface area contributed by atoms with E-state index in [-0.39, 0.29) is 0 Å². The van der Waals surface area contributed by atoms with Crippen LogP contribution >= 0.6 is 0 Å². The van der Waals surface area contributed by atoms with Crippen LogP contribution in [0.2, 0.25) is 0 Å². The number of aromatic nitrogens is 1. The van der Waals surface area contributed by atoms with E-state index in [1.807, 2.05) is 55.0 Å². The number of oxazole rings is 1. The predicted octanol–water partition coefficient (Wildman–Crippen LogP) is 2.29. The lowest BCUT2D eigenvalue weighted by Gasteiger charge is -1.80. The van der Waals surface area contributed by atoms with Crippen molar-refractivity contribution < 1.29 is 8.98 Å². The van der Waals surface area contributed by atoms with Crippen LogP contribution < -0.4 is 4.57 Å². The third kappa shape index (κ3) is 1.24. The summed E-state index contributed by atoms with van der Waals surface area (Å²) in [6, 6.07) is 8.01. The zero-order chi connectivity index (χ0) is 9.26. The summed E-state index contributed by atoms with van der Waals surface area (Å²) >= 11 is 0. The number of fused-ring (bicyclic) bond motifs is 1. The molecule has 1 heterocycles. The van der Waals surface area contributed by atoms with E-state index in [4.69, 9.17) is 4.42 Å². The SMILES string of the molecule is CC=Cc1oc2ccccc2[n+]1C.